The van der Waals surface area contributed by atoms with E-state index in [2.05, 4.69) is 10.2 Å². The summed E-state index contributed by atoms with van der Waals surface area (Å²) in [4.78, 5) is 15.3. The van der Waals surface area contributed by atoms with E-state index >= 15 is 0 Å². The fraction of sp³-hybridized carbons (Fsp3) is 0.682. The zero-order valence-corrected chi connectivity index (χ0v) is 18.1. The van der Waals surface area contributed by atoms with Crippen LogP contribution in [-0.2, 0) is 10.0 Å². The first-order valence-corrected chi connectivity index (χ1v) is 12.7. The summed E-state index contributed by atoms with van der Waals surface area (Å²) in [5, 5.41) is 3.09. The maximum Gasteiger partial charge on any atom is 0.251 e. The van der Waals surface area contributed by atoms with Gasteiger partial charge in [0, 0.05) is 37.8 Å². The lowest BCUT2D eigenvalue weighted by Crippen LogP contribution is -2.38. The Morgan fingerprint density at radius 1 is 0.862 bits per heavy atom. The smallest absolute Gasteiger partial charge is 0.251 e. The quantitative estimate of drug-likeness (QED) is 0.793. The number of benzene rings is 1. The molecule has 0 spiro atoms. The molecule has 0 bridgehead atoms. The van der Waals surface area contributed by atoms with Gasteiger partial charge in [0.1, 0.15) is 4.90 Å². The van der Waals surface area contributed by atoms with Crippen LogP contribution < -0.4 is 10.2 Å². The highest BCUT2D eigenvalue weighted by Gasteiger charge is 2.31. The molecule has 1 amide bonds. The number of hydrogen-bond acceptors (Lipinski definition) is 4. The molecule has 1 saturated carbocycles. The third-order valence-electron chi connectivity index (χ3n) is 6.54. The zero-order chi connectivity index (χ0) is 20.3. The van der Waals surface area contributed by atoms with Gasteiger partial charge in [-0.05, 0) is 63.1 Å². The van der Waals surface area contributed by atoms with Gasteiger partial charge in [-0.1, -0.05) is 19.3 Å². The van der Waals surface area contributed by atoms with Crippen molar-refractivity contribution in [3.8, 4) is 0 Å². The second-order valence-corrected chi connectivity index (χ2v) is 10.6. The van der Waals surface area contributed by atoms with Crippen LogP contribution in [0.25, 0.3) is 0 Å². The topological polar surface area (TPSA) is 69.7 Å². The average Bonchev–Trinajstić information content (AvgIpc) is 3.27. The molecule has 29 heavy (non-hydrogen) atoms. The van der Waals surface area contributed by atoms with Crippen LogP contribution in [-0.4, -0.2) is 50.9 Å². The fourth-order valence-electron chi connectivity index (χ4n) is 4.84. The Labute approximate surface area is 174 Å². The maximum absolute atomic E-state index is 13.5. The van der Waals surface area contributed by atoms with Gasteiger partial charge in [0.2, 0.25) is 10.0 Å². The Balaban J connectivity index is 1.67. The van der Waals surface area contributed by atoms with Crippen molar-refractivity contribution < 1.29 is 13.2 Å². The van der Waals surface area contributed by atoms with E-state index in [-0.39, 0.29) is 11.9 Å². The average molecular weight is 420 g/mol. The number of rotatable bonds is 5. The molecule has 160 valence electrons. The van der Waals surface area contributed by atoms with Gasteiger partial charge in [-0.2, -0.15) is 4.31 Å². The van der Waals surface area contributed by atoms with Gasteiger partial charge in [0.05, 0.1) is 5.69 Å². The van der Waals surface area contributed by atoms with Gasteiger partial charge >= 0.3 is 0 Å². The summed E-state index contributed by atoms with van der Waals surface area (Å²) in [5.41, 5.74) is 1.21. The summed E-state index contributed by atoms with van der Waals surface area (Å²) in [6.07, 6.45) is 10.5. The van der Waals surface area contributed by atoms with Gasteiger partial charge < -0.3 is 10.2 Å². The molecule has 1 aliphatic carbocycles. The first-order valence-electron chi connectivity index (χ1n) is 11.3. The van der Waals surface area contributed by atoms with Gasteiger partial charge in [-0.25, -0.2) is 8.42 Å². The Morgan fingerprint density at radius 2 is 1.48 bits per heavy atom. The molecule has 0 radical (unpaired) electrons. The molecule has 3 fully saturated rings. The molecule has 7 heteroatoms. The molecule has 0 unspecified atom stereocenters. The van der Waals surface area contributed by atoms with E-state index in [0.717, 1.165) is 76.6 Å². The lowest BCUT2D eigenvalue weighted by molar-refractivity contribution is 0.0937. The Bertz CT molecular complexity index is 822. The highest BCUT2D eigenvalue weighted by Crippen LogP contribution is 2.32. The molecule has 2 heterocycles. The van der Waals surface area contributed by atoms with Gasteiger partial charge in [0.15, 0.2) is 0 Å². The van der Waals surface area contributed by atoms with E-state index in [0.29, 0.717) is 23.5 Å². The van der Waals surface area contributed by atoms with Gasteiger partial charge in [0.25, 0.3) is 5.91 Å². The van der Waals surface area contributed by atoms with Crippen molar-refractivity contribution in [2.75, 3.05) is 31.1 Å². The highest BCUT2D eigenvalue weighted by molar-refractivity contribution is 7.89. The molecule has 6 nitrogen and oxygen atoms in total. The van der Waals surface area contributed by atoms with Gasteiger partial charge in [-0.3, -0.25) is 4.79 Å². The third-order valence-corrected chi connectivity index (χ3v) is 8.47. The molecular formula is C22H33N3O3S. The number of anilines is 1. The monoisotopic (exact) mass is 419 g/mol. The third kappa shape index (κ3) is 4.61. The molecule has 0 atom stereocenters. The number of sulfonamides is 1. The maximum atomic E-state index is 13.5. The number of carbonyl (C=O) groups is 1. The van der Waals surface area contributed by atoms with Crippen LogP contribution in [0, 0.1) is 0 Å². The predicted octanol–water partition coefficient (Wildman–Crippen LogP) is 3.52. The molecule has 0 aromatic heterocycles. The van der Waals surface area contributed by atoms with Crippen molar-refractivity contribution in [2.45, 2.75) is 75.1 Å². The summed E-state index contributed by atoms with van der Waals surface area (Å²) >= 11 is 0. The minimum absolute atomic E-state index is 0.155. The van der Waals surface area contributed by atoms with Crippen LogP contribution in [0.15, 0.2) is 23.1 Å². The summed E-state index contributed by atoms with van der Waals surface area (Å²) in [7, 11) is -3.61. The molecule has 2 saturated heterocycles. The number of nitrogens with one attached hydrogen (secondary N) is 1. The highest BCUT2D eigenvalue weighted by atomic mass is 32.2. The molecule has 4 rings (SSSR count). The van der Waals surface area contributed by atoms with Crippen LogP contribution in [0.5, 0.6) is 0 Å². The number of hydrogen-bond donors (Lipinski definition) is 1. The van der Waals surface area contributed by atoms with Crippen molar-refractivity contribution in [2.24, 2.45) is 0 Å². The Morgan fingerprint density at radius 3 is 2.14 bits per heavy atom. The van der Waals surface area contributed by atoms with Crippen molar-refractivity contribution in [1.82, 2.24) is 9.62 Å². The van der Waals surface area contributed by atoms with Crippen LogP contribution in [0.2, 0.25) is 0 Å². The van der Waals surface area contributed by atoms with E-state index in [1.54, 1.807) is 16.4 Å². The van der Waals surface area contributed by atoms with Crippen LogP contribution in [0.1, 0.15) is 74.6 Å². The van der Waals surface area contributed by atoms with Crippen LogP contribution in [0.3, 0.4) is 0 Å². The summed E-state index contributed by atoms with van der Waals surface area (Å²) in [6.45, 7) is 2.88. The number of carbonyl (C=O) groups excluding carboxylic acids is 1. The van der Waals surface area contributed by atoms with Crippen molar-refractivity contribution in [3.63, 3.8) is 0 Å². The van der Waals surface area contributed by atoms with Crippen molar-refractivity contribution in [1.29, 1.82) is 0 Å². The molecular weight excluding hydrogens is 386 g/mol. The summed E-state index contributed by atoms with van der Waals surface area (Å²) < 4.78 is 28.7. The molecule has 3 aliphatic rings. The normalized spacial score (nSPS) is 22.0. The minimum Gasteiger partial charge on any atom is -0.370 e. The fourth-order valence-corrected chi connectivity index (χ4v) is 6.60. The molecule has 1 aromatic rings. The van der Waals surface area contributed by atoms with Crippen molar-refractivity contribution >= 4 is 21.6 Å². The number of piperidine rings is 2. The molecule has 1 aromatic carbocycles. The summed E-state index contributed by atoms with van der Waals surface area (Å²) in [6, 6.07) is 5.49. The Kier molecular flexibility index (Phi) is 6.44. The van der Waals surface area contributed by atoms with Gasteiger partial charge in [-0.15, -0.1) is 0 Å². The number of amides is 1. The van der Waals surface area contributed by atoms with E-state index < -0.39 is 10.0 Å². The summed E-state index contributed by atoms with van der Waals surface area (Å²) in [5.74, 6) is -0.155. The van der Waals surface area contributed by atoms with E-state index in [1.807, 2.05) is 6.07 Å². The SMILES string of the molecule is O=C(NC1CCCC1)c1ccc(N2CCCCC2)c(S(=O)(=O)N2CCCCC2)c1. The first-order chi connectivity index (χ1) is 14.1. The van der Waals surface area contributed by atoms with Crippen LogP contribution in [0.4, 0.5) is 5.69 Å². The first kappa shape index (κ1) is 20.7. The zero-order valence-electron chi connectivity index (χ0n) is 17.2. The number of nitrogens with zero attached hydrogens (tertiary/aromatic N) is 2. The largest absolute Gasteiger partial charge is 0.370 e. The lowest BCUT2D eigenvalue weighted by Gasteiger charge is -2.33. The van der Waals surface area contributed by atoms with E-state index in [9.17, 15) is 13.2 Å². The van der Waals surface area contributed by atoms with Crippen LogP contribution >= 0.6 is 0 Å². The molecule has 1 N–H and O–H groups in total. The van der Waals surface area contributed by atoms with Crippen molar-refractivity contribution in [3.05, 3.63) is 23.8 Å². The Hall–Kier alpha value is -1.60. The standard InChI is InChI=1S/C22H33N3O3S/c26-22(23-19-9-3-4-10-19)18-11-12-20(24-13-5-1-6-14-24)21(17-18)29(27,28)25-15-7-2-8-16-25/h11-12,17,19H,1-10,13-16H2,(H,23,26). The van der Waals surface area contributed by atoms with E-state index in [4.69, 9.17) is 0 Å². The second-order valence-electron chi connectivity index (χ2n) is 8.65. The second kappa shape index (κ2) is 9.04. The van der Waals surface area contributed by atoms with E-state index in [1.165, 1.54) is 6.42 Å². The predicted molar refractivity (Wildman–Crippen MR) is 115 cm³/mol. The molecule has 2 aliphatic heterocycles. The minimum atomic E-state index is -3.61. The lowest BCUT2D eigenvalue weighted by atomic mass is 10.1.